The van der Waals surface area contributed by atoms with Crippen LogP contribution < -0.4 is 10.6 Å². The van der Waals surface area contributed by atoms with E-state index in [2.05, 4.69) is 47.1 Å². The van der Waals surface area contributed by atoms with Gasteiger partial charge in [-0.3, -0.25) is 4.79 Å². The molecular weight excluding hydrogens is 665 g/mol. The molecule has 6 rings (SSSR count). The van der Waals surface area contributed by atoms with Crippen molar-refractivity contribution in [2.24, 2.45) is 0 Å². The second-order valence-electron chi connectivity index (χ2n) is 12.4. The summed E-state index contributed by atoms with van der Waals surface area (Å²) in [4.78, 5) is 38.2. The van der Waals surface area contributed by atoms with Gasteiger partial charge in [-0.2, -0.15) is 0 Å². The number of aryl methyl sites for hydroxylation is 2. The lowest BCUT2D eigenvalue weighted by molar-refractivity contribution is -0.0366. The van der Waals surface area contributed by atoms with Crippen molar-refractivity contribution in [1.82, 2.24) is 29.9 Å². The van der Waals surface area contributed by atoms with Gasteiger partial charge in [-0.1, -0.05) is 6.58 Å². The summed E-state index contributed by atoms with van der Waals surface area (Å²) in [5.74, 6) is -3.24. The van der Waals surface area contributed by atoms with Crippen molar-refractivity contribution >= 4 is 45.7 Å². The Hall–Kier alpha value is -3.85. The summed E-state index contributed by atoms with van der Waals surface area (Å²) in [6.45, 7) is 11.0. The van der Waals surface area contributed by atoms with Crippen molar-refractivity contribution in [3.8, 4) is 21.7 Å². The molecule has 0 atom stereocenters. The third kappa shape index (κ3) is 9.62. The van der Waals surface area contributed by atoms with Gasteiger partial charge in [-0.15, -0.1) is 22.7 Å². The highest BCUT2D eigenvalue weighted by atomic mass is 32.1. The van der Waals surface area contributed by atoms with Gasteiger partial charge in [0.2, 0.25) is 11.8 Å². The van der Waals surface area contributed by atoms with E-state index >= 15 is 0 Å². The van der Waals surface area contributed by atoms with Gasteiger partial charge in [0.15, 0.2) is 27.4 Å². The maximum atomic E-state index is 13.3. The van der Waals surface area contributed by atoms with E-state index in [0.29, 0.717) is 54.0 Å². The lowest BCUT2D eigenvalue weighted by Gasteiger charge is -2.29. The van der Waals surface area contributed by atoms with Crippen molar-refractivity contribution in [2.75, 3.05) is 10.6 Å². The summed E-state index contributed by atoms with van der Waals surface area (Å²) >= 11 is 2.89. The summed E-state index contributed by atoms with van der Waals surface area (Å²) in [6, 6.07) is 3.31. The normalized spacial score (nSPS) is 17.7. The van der Waals surface area contributed by atoms with E-state index in [0.717, 1.165) is 27.7 Å². The number of nitrogens with one attached hydrogen (secondary N) is 2. The summed E-state index contributed by atoms with van der Waals surface area (Å²) < 4.78 is 53.1. The molecule has 2 aliphatic rings. The van der Waals surface area contributed by atoms with Crippen LogP contribution in [-0.2, 0) is 0 Å². The van der Waals surface area contributed by atoms with E-state index in [1.54, 1.807) is 6.07 Å². The fourth-order valence-corrected chi connectivity index (χ4v) is 6.79. The van der Waals surface area contributed by atoms with E-state index in [9.17, 15) is 22.4 Å². The molecule has 0 aromatic carbocycles. The van der Waals surface area contributed by atoms with Gasteiger partial charge in [0, 0.05) is 79.0 Å². The second kappa shape index (κ2) is 14.7. The number of hydrogen-bond donors (Lipinski definition) is 2. The number of ketones is 1. The van der Waals surface area contributed by atoms with E-state index < -0.39 is 11.8 Å². The number of carbonyl (C=O) groups is 1. The Morgan fingerprint density at radius 2 is 1.10 bits per heavy atom. The minimum Gasteiger partial charge on any atom is -0.367 e. The number of halogens is 4. The Bertz CT molecular complexity index is 1630. The molecule has 2 aliphatic carbocycles. The third-order valence-corrected chi connectivity index (χ3v) is 9.92. The zero-order chi connectivity index (χ0) is 34.6. The van der Waals surface area contributed by atoms with Gasteiger partial charge in [0.1, 0.15) is 17.3 Å². The Labute approximate surface area is 284 Å². The molecule has 2 saturated carbocycles. The number of carbonyl (C=O) groups excluding carboxylic acids is 1. The van der Waals surface area contributed by atoms with Crippen molar-refractivity contribution in [1.29, 1.82) is 0 Å². The maximum absolute atomic E-state index is 13.3. The first-order chi connectivity index (χ1) is 22.6. The number of hydrogen-bond acceptors (Lipinski definition) is 11. The molecular formula is C33H38F4N8OS2. The van der Waals surface area contributed by atoms with Crippen LogP contribution in [0.5, 0.6) is 0 Å². The average molecular weight is 703 g/mol. The van der Waals surface area contributed by atoms with Crippen LogP contribution in [0.4, 0.5) is 29.2 Å². The quantitative estimate of drug-likeness (QED) is 0.137. The Morgan fingerprint density at radius 1 is 0.708 bits per heavy atom. The minimum absolute atomic E-state index is 0.00313. The summed E-state index contributed by atoms with van der Waals surface area (Å²) in [7, 11) is 0. The molecule has 2 fully saturated rings. The summed E-state index contributed by atoms with van der Waals surface area (Å²) in [5.41, 5.74) is 3.62. The lowest BCUT2D eigenvalue weighted by atomic mass is 9.92. The molecule has 4 aromatic heterocycles. The molecule has 0 aliphatic heterocycles. The van der Waals surface area contributed by atoms with Crippen LogP contribution in [0.2, 0.25) is 0 Å². The number of Topliss-reactive ketones (excluding diaryl/α,β-unsaturated/α-hetero) is 1. The first-order valence-corrected chi connectivity index (χ1v) is 17.5. The molecule has 0 bridgehead atoms. The number of alkyl halides is 4. The number of allylic oxidation sites excluding steroid dienone is 1. The predicted molar refractivity (Wildman–Crippen MR) is 182 cm³/mol. The van der Waals surface area contributed by atoms with E-state index in [1.165, 1.54) is 29.6 Å². The van der Waals surface area contributed by atoms with Gasteiger partial charge >= 0.3 is 0 Å². The smallest absolute Gasteiger partial charge is 0.248 e. The molecule has 0 radical (unpaired) electrons. The number of nitrogens with zero attached hydrogens (tertiary/aromatic N) is 6. The summed E-state index contributed by atoms with van der Waals surface area (Å²) in [6.07, 6.45) is 1.19. The Balaban J connectivity index is 0.000000188. The number of aromatic nitrogens is 6. The third-order valence-electron chi connectivity index (χ3n) is 8.01. The highest BCUT2D eigenvalue weighted by molar-refractivity contribution is 7.13. The largest absolute Gasteiger partial charge is 0.367 e. The van der Waals surface area contributed by atoms with Crippen molar-refractivity contribution in [3.05, 3.63) is 52.2 Å². The molecule has 256 valence electrons. The average Bonchev–Trinajstić information content (AvgIpc) is 3.67. The topological polar surface area (TPSA) is 118 Å². The molecule has 0 saturated heterocycles. The first-order valence-electron chi connectivity index (χ1n) is 15.7. The van der Waals surface area contributed by atoms with Crippen molar-refractivity contribution in [3.63, 3.8) is 0 Å². The number of thiazole rings is 2. The second-order valence-corrected chi connectivity index (χ2v) is 14.1. The molecule has 0 unspecified atom stereocenters. The molecule has 0 amide bonds. The van der Waals surface area contributed by atoms with Crippen molar-refractivity contribution in [2.45, 2.75) is 103 Å². The molecule has 2 N–H and O–H groups in total. The van der Waals surface area contributed by atoms with Gasteiger partial charge in [0.25, 0.3) is 0 Å². The van der Waals surface area contributed by atoms with Gasteiger partial charge in [0.05, 0.1) is 5.69 Å². The highest BCUT2D eigenvalue weighted by Gasteiger charge is 2.36. The van der Waals surface area contributed by atoms with E-state index in [1.807, 2.05) is 37.6 Å². The number of anilines is 2. The standard InChI is InChI=1S/C17H20F2N4S.C16H18F2N4OS/c1-10(2)13-8-14(21-12-4-6-17(18,19)7-5-12)23-15(22-13)16-20-11(3)9-24-16;1-9-8-24-15(19-9)14-21-12(10(2)23)7-13(22-14)20-11-3-5-16(17,18)6-4-11/h8-9,12H,1,4-7H2,2-3H3,(H,21,22,23);7-8,11H,3-6H2,1-2H3,(H,20,21,22). The molecule has 9 nitrogen and oxygen atoms in total. The predicted octanol–water partition coefficient (Wildman–Crippen LogP) is 9.03. The van der Waals surface area contributed by atoms with Crippen LogP contribution >= 0.6 is 22.7 Å². The Morgan fingerprint density at radius 3 is 1.46 bits per heavy atom. The van der Waals surface area contributed by atoms with Crippen LogP contribution in [0.25, 0.3) is 27.2 Å². The van der Waals surface area contributed by atoms with Gasteiger partial charge in [-0.05, 0) is 52.0 Å². The molecule has 4 heterocycles. The van der Waals surface area contributed by atoms with E-state index in [4.69, 9.17) is 0 Å². The summed E-state index contributed by atoms with van der Waals surface area (Å²) in [5, 5.41) is 11.7. The monoisotopic (exact) mass is 702 g/mol. The lowest BCUT2D eigenvalue weighted by Crippen LogP contribution is -2.32. The van der Waals surface area contributed by atoms with Crippen LogP contribution in [0.15, 0.2) is 29.5 Å². The van der Waals surface area contributed by atoms with Crippen LogP contribution in [-0.4, -0.2) is 59.6 Å². The highest BCUT2D eigenvalue weighted by Crippen LogP contribution is 2.36. The first kappa shape index (κ1) is 35.5. The molecule has 48 heavy (non-hydrogen) atoms. The van der Waals surface area contributed by atoms with Crippen LogP contribution in [0.1, 0.15) is 92.8 Å². The fourth-order valence-electron chi connectivity index (χ4n) is 5.33. The molecule has 4 aromatic rings. The molecule has 15 heteroatoms. The van der Waals surface area contributed by atoms with Gasteiger partial charge in [-0.25, -0.2) is 47.5 Å². The fraction of sp³-hybridized carbons (Fsp3) is 0.485. The van der Waals surface area contributed by atoms with E-state index in [-0.39, 0.29) is 49.2 Å². The zero-order valence-electron chi connectivity index (χ0n) is 27.2. The SMILES string of the molecule is C=C(C)c1cc(NC2CCC(F)(F)CC2)nc(-c2nc(C)cs2)n1.CC(=O)c1cc(NC2CCC(F)(F)CC2)nc(-c2nc(C)cs2)n1. The van der Waals surface area contributed by atoms with Crippen molar-refractivity contribution < 1.29 is 22.4 Å². The van der Waals surface area contributed by atoms with Crippen LogP contribution in [0.3, 0.4) is 0 Å². The minimum atomic E-state index is -2.57. The van der Waals surface area contributed by atoms with Gasteiger partial charge < -0.3 is 10.6 Å². The zero-order valence-corrected chi connectivity index (χ0v) is 28.9. The number of rotatable bonds is 8. The van der Waals surface area contributed by atoms with Crippen LogP contribution in [0, 0.1) is 13.8 Å². The Kier molecular flexibility index (Phi) is 10.9. The molecule has 0 spiro atoms. The maximum Gasteiger partial charge on any atom is 0.248 e.